The van der Waals surface area contributed by atoms with E-state index in [0.29, 0.717) is 0 Å². The number of carboxylic acids is 1. The molecule has 3 nitrogen and oxygen atoms in total. The van der Waals surface area contributed by atoms with Crippen molar-refractivity contribution in [2.75, 3.05) is 0 Å². The third-order valence-corrected chi connectivity index (χ3v) is 2.04. The lowest BCUT2D eigenvalue weighted by Crippen LogP contribution is -2.20. The van der Waals surface area contributed by atoms with Crippen LogP contribution in [-0.2, 0) is 0 Å². The van der Waals surface area contributed by atoms with Crippen molar-refractivity contribution in [3.8, 4) is 0 Å². The van der Waals surface area contributed by atoms with Crippen LogP contribution in [0.5, 0.6) is 0 Å². The first-order valence-electron chi connectivity index (χ1n) is 4.45. The molecule has 0 aromatic heterocycles. The minimum Gasteiger partial charge on any atom is -0.478 e. The smallest absolute Gasteiger partial charge is 0.390 e. The van der Waals surface area contributed by atoms with Gasteiger partial charge in [0.15, 0.2) is 0 Å². The van der Waals surface area contributed by atoms with Crippen LogP contribution in [-0.4, -0.2) is 17.3 Å². The van der Waals surface area contributed by atoms with Gasteiger partial charge in [-0.1, -0.05) is 12.1 Å². The molecule has 1 atom stereocenters. The third-order valence-electron chi connectivity index (χ3n) is 2.04. The zero-order valence-corrected chi connectivity index (χ0v) is 8.16. The normalized spacial score (nSPS) is 13.5. The molecular weight excluding hydrogens is 223 g/mol. The molecule has 0 amide bonds. The zero-order valence-electron chi connectivity index (χ0n) is 8.16. The van der Waals surface area contributed by atoms with Crippen molar-refractivity contribution < 1.29 is 23.1 Å². The molecule has 1 aromatic carbocycles. The van der Waals surface area contributed by atoms with Crippen LogP contribution in [0.3, 0.4) is 0 Å². The lowest BCUT2D eigenvalue weighted by molar-refractivity contribution is -0.138. The van der Waals surface area contributed by atoms with E-state index in [4.69, 9.17) is 10.8 Å². The summed E-state index contributed by atoms with van der Waals surface area (Å²) in [6.07, 6.45) is -5.45. The van der Waals surface area contributed by atoms with E-state index >= 15 is 0 Å². The number of alkyl halides is 3. The summed E-state index contributed by atoms with van der Waals surface area (Å²) in [5.41, 5.74) is 5.62. The van der Waals surface area contributed by atoms with Gasteiger partial charge >= 0.3 is 12.1 Å². The maximum absolute atomic E-state index is 12.0. The highest BCUT2D eigenvalue weighted by Gasteiger charge is 2.30. The predicted molar refractivity (Wildman–Crippen MR) is 51.0 cm³/mol. The van der Waals surface area contributed by atoms with Crippen LogP contribution >= 0.6 is 0 Å². The monoisotopic (exact) mass is 233 g/mol. The van der Waals surface area contributed by atoms with E-state index < -0.39 is 24.6 Å². The molecule has 0 aliphatic heterocycles. The SMILES string of the molecule is N[C@@H](CC(F)(F)F)c1ccc(C(=O)O)cc1. The Labute approximate surface area is 89.7 Å². The molecule has 1 aromatic rings. The van der Waals surface area contributed by atoms with E-state index in [9.17, 15) is 18.0 Å². The van der Waals surface area contributed by atoms with Crippen LogP contribution < -0.4 is 5.73 Å². The molecule has 0 aliphatic carbocycles. The molecule has 0 saturated heterocycles. The van der Waals surface area contributed by atoms with Crippen molar-refractivity contribution in [1.82, 2.24) is 0 Å². The number of halogens is 3. The van der Waals surface area contributed by atoms with Crippen LogP contribution in [0.25, 0.3) is 0 Å². The number of hydrogen-bond donors (Lipinski definition) is 2. The van der Waals surface area contributed by atoms with Crippen molar-refractivity contribution in [3.63, 3.8) is 0 Å². The first kappa shape index (κ1) is 12.5. The predicted octanol–water partition coefficient (Wildman–Crippen LogP) is 2.34. The second kappa shape index (κ2) is 4.52. The van der Waals surface area contributed by atoms with Gasteiger partial charge in [-0.3, -0.25) is 0 Å². The Kier molecular flexibility index (Phi) is 3.54. The van der Waals surface area contributed by atoms with E-state index in [2.05, 4.69) is 0 Å². The second-order valence-corrected chi connectivity index (χ2v) is 3.35. The number of nitrogens with two attached hydrogens (primary N) is 1. The van der Waals surface area contributed by atoms with Crippen molar-refractivity contribution in [1.29, 1.82) is 0 Å². The summed E-state index contributed by atoms with van der Waals surface area (Å²) < 4.78 is 36.1. The van der Waals surface area contributed by atoms with Gasteiger partial charge in [-0.05, 0) is 17.7 Å². The van der Waals surface area contributed by atoms with Crippen LogP contribution in [0.4, 0.5) is 13.2 Å². The van der Waals surface area contributed by atoms with Gasteiger partial charge < -0.3 is 10.8 Å². The molecule has 0 saturated carbocycles. The Morgan fingerprint density at radius 1 is 1.31 bits per heavy atom. The fourth-order valence-corrected chi connectivity index (χ4v) is 1.24. The highest BCUT2D eigenvalue weighted by atomic mass is 19.4. The lowest BCUT2D eigenvalue weighted by Gasteiger charge is -2.14. The highest BCUT2D eigenvalue weighted by Crippen LogP contribution is 2.27. The van der Waals surface area contributed by atoms with Crippen molar-refractivity contribution in [2.24, 2.45) is 5.73 Å². The number of carbonyl (C=O) groups is 1. The highest BCUT2D eigenvalue weighted by molar-refractivity contribution is 5.87. The number of carboxylic acid groups (broad SMARTS) is 1. The van der Waals surface area contributed by atoms with E-state index in [1.54, 1.807) is 0 Å². The van der Waals surface area contributed by atoms with Gasteiger partial charge in [0.25, 0.3) is 0 Å². The summed E-state index contributed by atoms with van der Waals surface area (Å²) in [7, 11) is 0. The van der Waals surface area contributed by atoms with Crippen LogP contribution in [0.1, 0.15) is 28.4 Å². The molecule has 0 bridgehead atoms. The van der Waals surface area contributed by atoms with E-state index in [1.165, 1.54) is 24.3 Å². The van der Waals surface area contributed by atoms with Gasteiger partial charge in [-0.25, -0.2) is 4.79 Å². The minimum absolute atomic E-state index is 0.0166. The lowest BCUT2D eigenvalue weighted by atomic mass is 10.0. The van der Waals surface area contributed by atoms with E-state index in [-0.39, 0.29) is 11.1 Å². The maximum atomic E-state index is 12.0. The summed E-state index contributed by atoms with van der Waals surface area (Å²) in [5.74, 6) is -1.13. The Hall–Kier alpha value is -1.56. The zero-order chi connectivity index (χ0) is 12.3. The minimum atomic E-state index is -4.33. The van der Waals surface area contributed by atoms with E-state index in [0.717, 1.165) is 0 Å². The Bertz CT molecular complexity index is 373. The average Bonchev–Trinajstić information content (AvgIpc) is 2.15. The maximum Gasteiger partial charge on any atom is 0.390 e. The number of benzene rings is 1. The first-order valence-corrected chi connectivity index (χ1v) is 4.45. The van der Waals surface area contributed by atoms with Crippen LogP contribution in [0.2, 0.25) is 0 Å². The summed E-state index contributed by atoms with van der Waals surface area (Å²) in [4.78, 5) is 10.5. The summed E-state index contributed by atoms with van der Waals surface area (Å²) in [5, 5.41) is 8.59. The number of aromatic carboxylic acids is 1. The van der Waals surface area contributed by atoms with Crippen molar-refractivity contribution >= 4 is 5.97 Å². The molecule has 0 radical (unpaired) electrons. The molecule has 0 unspecified atom stereocenters. The largest absolute Gasteiger partial charge is 0.478 e. The van der Waals surface area contributed by atoms with Gasteiger partial charge in [0.2, 0.25) is 0 Å². The molecule has 16 heavy (non-hydrogen) atoms. The summed E-state index contributed by atoms with van der Waals surface area (Å²) in [6, 6.07) is 3.88. The number of rotatable bonds is 3. The van der Waals surface area contributed by atoms with Crippen molar-refractivity contribution in [3.05, 3.63) is 35.4 Å². The van der Waals surface area contributed by atoms with Gasteiger partial charge in [0, 0.05) is 6.04 Å². The molecule has 3 N–H and O–H groups in total. The van der Waals surface area contributed by atoms with Gasteiger partial charge in [0.05, 0.1) is 12.0 Å². The Balaban J connectivity index is 2.78. The fraction of sp³-hybridized carbons (Fsp3) is 0.300. The second-order valence-electron chi connectivity index (χ2n) is 3.35. The average molecular weight is 233 g/mol. The number of hydrogen-bond acceptors (Lipinski definition) is 2. The Morgan fingerprint density at radius 3 is 2.19 bits per heavy atom. The molecule has 0 spiro atoms. The molecule has 0 heterocycles. The van der Waals surface area contributed by atoms with Gasteiger partial charge in [-0.2, -0.15) is 13.2 Å². The third kappa shape index (κ3) is 3.54. The van der Waals surface area contributed by atoms with Crippen LogP contribution in [0.15, 0.2) is 24.3 Å². The van der Waals surface area contributed by atoms with E-state index in [1.807, 2.05) is 0 Å². The van der Waals surface area contributed by atoms with Gasteiger partial charge in [0.1, 0.15) is 0 Å². The fourth-order valence-electron chi connectivity index (χ4n) is 1.24. The van der Waals surface area contributed by atoms with Crippen LogP contribution in [0, 0.1) is 0 Å². The molecule has 88 valence electrons. The first-order chi connectivity index (χ1) is 7.29. The summed E-state index contributed by atoms with van der Waals surface area (Å²) in [6.45, 7) is 0. The molecule has 1 rings (SSSR count). The summed E-state index contributed by atoms with van der Waals surface area (Å²) >= 11 is 0. The topological polar surface area (TPSA) is 63.3 Å². The van der Waals surface area contributed by atoms with Gasteiger partial charge in [-0.15, -0.1) is 0 Å². The molecular formula is C10H10F3NO2. The molecule has 0 aliphatic rings. The standard InChI is InChI=1S/C10H10F3NO2/c11-10(12,13)5-8(14)6-1-3-7(4-2-6)9(15)16/h1-4,8H,5,14H2,(H,15,16)/t8-/m0/s1. The molecule has 0 fully saturated rings. The van der Waals surface area contributed by atoms with Crippen molar-refractivity contribution in [2.45, 2.75) is 18.6 Å². The Morgan fingerprint density at radius 2 is 1.81 bits per heavy atom. The molecule has 6 heteroatoms. The quantitative estimate of drug-likeness (QED) is 0.842.